The van der Waals surface area contributed by atoms with Crippen molar-refractivity contribution in [2.75, 3.05) is 5.75 Å². The van der Waals surface area contributed by atoms with Crippen molar-refractivity contribution < 1.29 is 0 Å². The Morgan fingerprint density at radius 2 is 2.00 bits per heavy atom. The summed E-state index contributed by atoms with van der Waals surface area (Å²) in [6, 6.07) is 0.173. The molecule has 16 heavy (non-hydrogen) atoms. The van der Waals surface area contributed by atoms with Gasteiger partial charge in [0.15, 0.2) is 5.16 Å². The van der Waals surface area contributed by atoms with Gasteiger partial charge in [-0.1, -0.05) is 31.5 Å². The van der Waals surface area contributed by atoms with Gasteiger partial charge in [0.1, 0.15) is 0 Å². The lowest BCUT2D eigenvalue weighted by atomic mass is 10.1. The third-order valence-corrected chi connectivity index (χ3v) is 3.18. The number of rotatable bonds is 7. The summed E-state index contributed by atoms with van der Waals surface area (Å²) in [7, 11) is 0. The maximum absolute atomic E-state index is 5.72. The molecule has 0 amide bonds. The number of nitrogens with zero attached hydrogens (tertiary/aromatic N) is 2. The number of hydrogen-bond acceptors (Lipinski definition) is 4. The van der Waals surface area contributed by atoms with Crippen LogP contribution in [0.4, 0.5) is 0 Å². The van der Waals surface area contributed by atoms with Crippen LogP contribution in [0.15, 0.2) is 17.6 Å². The monoisotopic (exact) mass is 239 g/mol. The minimum absolute atomic E-state index is 0.173. The van der Waals surface area contributed by atoms with Gasteiger partial charge < -0.3 is 5.73 Å². The zero-order valence-corrected chi connectivity index (χ0v) is 11.0. The van der Waals surface area contributed by atoms with Crippen LogP contribution >= 0.6 is 11.8 Å². The summed E-state index contributed by atoms with van der Waals surface area (Å²) in [4.78, 5) is 8.65. The Kier molecular flexibility index (Phi) is 6.42. The van der Waals surface area contributed by atoms with Crippen LogP contribution in [0.2, 0.25) is 0 Å². The van der Waals surface area contributed by atoms with Gasteiger partial charge in [-0.15, -0.1) is 0 Å². The van der Waals surface area contributed by atoms with E-state index in [1.807, 2.05) is 19.3 Å². The Balaban J connectivity index is 2.33. The predicted octanol–water partition coefficient (Wildman–Crippen LogP) is 2.65. The first kappa shape index (κ1) is 13.5. The van der Waals surface area contributed by atoms with Crippen LogP contribution in [0.25, 0.3) is 0 Å². The second-order valence-corrected chi connectivity index (χ2v) is 5.17. The first-order valence-electron chi connectivity index (χ1n) is 5.91. The van der Waals surface area contributed by atoms with Crippen LogP contribution in [0, 0.1) is 0 Å². The Bertz CT molecular complexity index is 285. The third-order valence-electron chi connectivity index (χ3n) is 2.22. The molecule has 90 valence electrons. The molecule has 1 rings (SSSR count). The smallest absolute Gasteiger partial charge is 0.187 e. The van der Waals surface area contributed by atoms with Crippen LogP contribution < -0.4 is 5.73 Å². The van der Waals surface area contributed by atoms with Gasteiger partial charge in [-0.05, 0) is 25.3 Å². The topological polar surface area (TPSA) is 51.8 Å². The average molecular weight is 239 g/mol. The van der Waals surface area contributed by atoms with Crippen molar-refractivity contribution in [3.63, 3.8) is 0 Å². The third kappa shape index (κ3) is 5.47. The van der Waals surface area contributed by atoms with E-state index < -0.39 is 0 Å². The molecule has 4 heteroatoms. The molecular weight excluding hydrogens is 218 g/mol. The molecule has 0 radical (unpaired) electrons. The molecule has 1 unspecified atom stereocenters. The molecule has 0 aliphatic carbocycles. The molecule has 0 bridgehead atoms. The highest BCUT2D eigenvalue weighted by Gasteiger charge is 2.01. The maximum Gasteiger partial charge on any atom is 0.187 e. The van der Waals surface area contributed by atoms with E-state index in [0.717, 1.165) is 22.9 Å². The summed E-state index contributed by atoms with van der Waals surface area (Å²) in [5.74, 6) is 1.11. The summed E-state index contributed by atoms with van der Waals surface area (Å²) in [5.41, 5.74) is 6.83. The van der Waals surface area contributed by atoms with Crippen molar-refractivity contribution in [3.8, 4) is 0 Å². The molecule has 0 saturated carbocycles. The lowest BCUT2D eigenvalue weighted by Gasteiger charge is -2.04. The molecular formula is C12H21N3S. The lowest BCUT2D eigenvalue weighted by Crippen LogP contribution is -2.17. The minimum atomic E-state index is 0.173. The number of hydrogen-bond donors (Lipinski definition) is 1. The van der Waals surface area contributed by atoms with Crippen molar-refractivity contribution in [1.82, 2.24) is 9.97 Å². The van der Waals surface area contributed by atoms with Gasteiger partial charge in [0.2, 0.25) is 0 Å². The fourth-order valence-electron chi connectivity index (χ4n) is 1.41. The first-order chi connectivity index (χ1) is 7.72. The van der Waals surface area contributed by atoms with Crippen molar-refractivity contribution in [2.24, 2.45) is 5.73 Å². The second kappa shape index (κ2) is 7.63. The summed E-state index contributed by atoms with van der Waals surface area (Å²) in [5, 5.41) is 0.879. The highest BCUT2D eigenvalue weighted by atomic mass is 32.2. The van der Waals surface area contributed by atoms with Crippen LogP contribution in [0.5, 0.6) is 0 Å². The molecule has 2 N–H and O–H groups in total. The molecule has 0 aliphatic rings. The number of thioether (sulfide) groups is 1. The molecule has 0 spiro atoms. The van der Waals surface area contributed by atoms with Gasteiger partial charge in [-0.25, -0.2) is 9.97 Å². The molecule has 3 nitrogen and oxygen atoms in total. The largest absolute Gasteiger partial charge is 0.328 e. The highest BCUT2D eigenvalue weighted by molar-refractivity contribution is 7.99. The number of nitrogens with two attached hydrogens (primary N) is 1. The molecule has 0 fully saturated rings. The van der Waals surface area contributed by atoms with E-state index >= 15 is 0 Å². The molecule has 1 atom stereocenters. The summed E-state index contributed by atoms with van der Waals surface area (Å²) < 4.78 is 0. The molecule has 1 heterocycles. The summed E-state index contributed by atoms with van der Waals surface area (Å²) in [6.07, 6.45) is 8.41. The summed E-state index contributed by atoms with van der Waals surface area (Å²) >= 11 is 1.73. The fourth-order valence-corrected chi connectivity index (χ4v) is 2.20. The van der Waals surface area contributed by atoms with Crippen molar-refractivity contribution >= 4 is 11.8 Å². The quantitative estimate of drug-likeness (QED) is 0.451. The van der Waals surface area contributed by atoms with E-state index in [-0.39, 0.29) is 6.04 Å². The van der Waals surface area contributed by atoms with E-state index in [0.29, 0.717) is 0 Å². The van der Waals surface area contributed by atoms with Crippen LogP contribution in [-0.2, 0) is 6.42 Å². The maximum atomic E-state index is 5.72. The zero-order valence-electron chi connectivity index (χ0n) is 10.1. The lowest BCUT2D eigenvalue weighted by molar-refractivity contribution is 0.727. The molecule has 0 aromatic carbocycles. The van der Waals surface area contributed by atoms with Crippen molar-refractivity contribution in [3.05, 3.63) is 18.0 Å². The normalized spacial score (nSPS) is 12.7. The fraction of sp³-hybridized carbons (Fsp3) is 0.667. The Morgan fingerprint density at radius 3 is 2.56 bits per heavy atom. The van der Waals surface area contributed by atoms with Gasteiger partial charge in [0, 0.05) is 24.2 Å². The van der Waals surface area contributed by atoms with E-state index in [1.54, 1.807) is 11.8 Å². The van der Waals surface area contributed by atoms with Crippen LogP contribution in [0.1, 0.15) is 38.7 Å². The SMILES string of the molecule is CCCCCSc1ncc(CC(C)N)cn1. The molecule has 1 aromatic heterocycles. The van der Waals surface area contributed by atoms with E-state index in [1.165, 1.54) is 19.3 Å². The molecule has 0 aliphatic heterocycles. The Labute approximate surface area is 102 Å². The number of aromatic nitrogens is 2. The van der Waals surface area contributed by atoms with Gasteiger partial charge >= 0.3 is 0 Å². The Morgan fingerprint density at radius 1 is 1.31 bits per heavy atom. The van der Waals surface area contributed by atoms with Gasteiger partial charge in [0.05, 0.1) is 0 Å². The van der Waals surface area contributed by atoms with Crippen LogP contribution in [0.3, 0.4) is 0 Å². The summed E-state index contributed by atoms with van der Waals surface area (Å²) in [6.45, 7) is 4.21. The Hall–Kier alpha value is -0.610. The van der Waals surface area contributed by atoms with Gasteiger partial charge in [0.25, 0.3) is 0 Å². The second-order valence-electron chi connectivity index (χ2n) is 4.11. The standard InChI is InChI=1S/C12H21N3S/c1-3-4-5-6-16-12-14-8-11(9-15-12)7-10(2)13/h8-10H,3-7,13H2,1-2H3. The number of unbranched alkanes of at least 4 members (excludes halogenated alkanes) is 2. The molecule has 0 saturated heterocycles. The average Bonchev–Trinajstić information content (AvgIpc) is 2.26. The minimum Gasteiger partial charge on any atom is -0.328 e. The zero-order chi connectivity index (χ0) is 11.8. The van der Waals surface area contributed by atoms with Gasteiger partial charge in [-0.3, -0.25) is 0 Å². The van der Waals surface area contributed by atoms with Crippen molar-refractivity contribution in [1.29, 1.82) is 0 Å². The first-order valence-corrected chi connectivity index (χ1v) is 6.90. The van der Waals surface area contributed by atoms with E-state index in [9.17, 15) is 0 Å². The molecule has 1 aromatic rings. The van der Waals surface area contributed by atoms with Gasteiger partial charge in [-0.2, -0.15) is 0 Å². The van der Waals surface area contributed by atoms with Crippen molar-refractivity contribution in [2.45, 2.75) is 50.7 Å². The van der Waals surface area contributed by atoms with E-state index in [2.05, 4.69) is 16.9 Å². The van der Waals surface area contributed by atoms with E-state index in [4.69, 9.17) is 5.73 Å². The van der Waals surface area contributed by atoms with Crippen LogP contribution in [-0.4, -0.2) is 21.8 Å². The highest BCUT2D eigenvalue weighted by Crippen LogP contribution is 2.14. The predicted molar refractivity (Wildman–Crippen MR) is 69.6 cm³/mol.